The van der Waals surface area contributed by atoms with E-state index < -0.39 is 15.9 Å². The summed E-state index contributed by atoms with van der Waals surface area (Å²) in [5.41, 5.74) is 0.898. The van der Waals surface area contributed by atoms with Crippen LogP contribution in [0.15, 0.2) is 71.6 Å². The van der Waals surface area contributed by atoms with Crippen molar-refractivity contribution in [3.63, 3.8) is 0 Å². The Hall–Kier alpha value is -3.23. The fraction of sp³-hybridized carbons (Fsp3) is 0.174. The summed E-state index contributed by atoms with van der Waals surface area (Å²) in [6.45, 7) is 4.15. The summed E-state index contributed by atoms with van der Waals surface area (Å²) in [6.07, 6.45) is 0. The first kappa shape index (κ1) is 23.4. The Morgan fingerprint density at radius 1 is 0.875 bits per heavy atom. The van der Waals surface area contributed by atoms with Gasteiger partial charge in [-0.25, -0.2) is 8.42 Å². The Morgan fingerprint density at radius 2 is 1.50 bits per heavy atom. The summed E-state index contributed by atoms with van der Waals surface area (Å²) in [7, 11) is -3.86. The molecule has 0 aliphatic heterocycles. The minimum atomic E-state index is -3.86. The molecule has 0 aromatic heterocycles. The van der Waals surface area contributed by atoms with E-state index in [0.717, 1.165) is 0 Å². The van der Waals surface area contributed by atoms with Crippen LogP contribution in [-0.2, 0) is 10.0 Å². The van der Waals surface area contributed by atoms with E-state index >= 15 is 0 Å². The molecule has 0 aliphatic rings. The van der Waals surface area contributed by atoms with Gasteiger partial charge in [-0.2, -0.15) is 0 Å². The lowest BCUT2D eigenvalue weighted by Crippen LogP contribution is -2.16. The van der Waals surface area contributed by atoms with Gasteiger partial charge in [0.05, 0.1) is 29.5 Å². The zero-order valence-corrected chi connectivity index (χ0v) is 19.2. The highest BCUT2D eigenvalue weighted by Gasteiger charge is 2.20. The molecule has 3 aromatic rings. The van der Waals surface area contributed by atoms with Crippen molar-refractivity contribution in [2.24, 2.45) is 0 Å². The second-order valence-corrected chi connectivity index (χ2v) is 8.71. The van der Waals surface area contributed by atoms with E-state index in [1.54, 1.807) is 56.3 Å². The van der Waals surface area contributed by atoms with Gasteiger partial charge in [0.25, 0.3) is 15.9 Å². The number of sulfonamides is 1. The second-order valence-electron chi connectivity index (χ2n) is 6.59. The molecular formula is C23H23ClN2O5S. The van der Waals surface area contributed by atoms with Gasteiger partial charge < -0.3 is 14.8 Å². The van der Waals surface area contributed by atoms with Crippen LogP contribution >= 0.6 is 11.6 Å². The number of hydrogen-bond donors (Lipinski definition) is 2. The van der Waals surface area contributed by atoms with Gasteiger partial charge >= 0.3 is 0 Å². The zero-order valence-electron chi connectivity index (χ0n) is 17.6. The Morgan fingerprint density at radius 3 is 2.12 bits per heavy atom. The molecule has 3 rings (SSSR count). The molecule has 0 radical (unpaired) electrons. The number of halogens is 1. The lowest BCUT2D eigenvalue weighted by molar-refractivity contribution is 0.102. The molecule has 9 heteroatoms. The normalized spacial score (nSPS) is 11.0. The molecule has 0 saturated heterocycles. The number of nitrogens with one attached hydrogen (secondary N) is 2. The summed E-state index contributed by atoms with van der Waals surface area (Å²) in [5.74, 6) is 0.141. The molecule has 2 N–H and O–H groups in total. The van der Waals surface area contributed by atoms with Crippen molar-refractivity contribution in [3.05, 3.63) is 77.3 Å². The van der Waals surface area contributed by atoms with Crippen LogP contribution < -0.4 is 19.5 Å². The van der Waals surface area contributed by atoms with Crippen LogP contribution in [0.1, 0.15) is 24.2 Å². The number of anilines is 2. The molecule has 0 atom stereocenters. The molecule has 0 bridgehead atoms. The predicted molar refractivity (Wildman–Crippen MR) is 125 cm³/mol. The van der Waals surface area contributed by atoms with Crippen LogP contribution in [0.4, 0.5) is 11.4 Å². The summed E-state index contributed by atoms with van der Waals surface area (Å²) >= 11 is 5.98. The summed E-state index contributed by atoms with van der Waals surface area (Å²) < 4.78 is 39.5. The monoisotopic (exact) mass is 474 g/mol. The third kappa shape index (κ3) is 5.72. The number of carbonyl (C=O) groups is 1. The third-order valence-corrected chi connectivity index (χ3v) is 5.93. The van der Waals surface area contributed by atoms with Gasteiger partial charge in [-0.1, -0.05) is 35.9 Å². The molecule has 168 valence electrons. The topological polar surface area (TPSA) is 93.7 Å². The van der Waals surface area contributed by atoms with Crippen molar-refractivity contribution in [2.75, 3.05) is 23.3 Å². The van der Waals surface area contributed by atoms with Crippen LogP contribution in [0.2, 0.25) is 5.02 Å². The van der Waals surface area contributed by atoms with Gasteiger partial charge in [-0.05, 0) is 44.2 Å². The molecule has 0 saturated carbocycles. The lowest BCUT2D eigenvalue weighted by Gasteiger charge is -2.18. The quantitative estimate of drug-likeness (QED) is 0.445. The average Bonchev–Trinajstić information content (AvgIpc) is 2.77. The van der Waals surface area contributed by atoms with Crippen molar-refractivity contribution >= 4 is 38.9 Å². The summed E-state index contributed by atoms with van der Waals surface area (Å²) in [4.78, 5) is 12.8. The maximum Gasteiger partial charge on any atom is 0.262 e. The highest BCUT2D eigenvalue weighted by Crippen LogP contribution is 2.38. The number of benzene rings is 3. The molecule has 32 heavy (non-hydrogen) atoms. The van der Waals surface area contributed by atoms with E-state index in [1.807, 2.05) is 0 Å². The summed E-state index contributed by atoms with van der Waals surface area (Å²) in [5, 5.41) is 3.21. The van der Waals surface area contributed by atoms with Crippen LogP contribution in [0.5, 0.6) is 11.5 Å². The lowest BCUT2D eigenvalue weighted by atomic mass is 10.2. The summed E-state index contributed by atoms with van der Waals surface area (Å²) in [6, 6.07) is 17.5. The Balaban J connectivity index is 1.99. The van der Waals surface area contributed by atoms with Gasteiger partial charge in [0.2, 0.25) is 0 Å². The molecule has 0 fully saturated rings. The van der Waals surface area contributed by atoms with Gasteiger partial charge in [-0.3, -0.25) is 9.52 Å². The van der Waals surface area contributed by atoms with E-state index in [-0.39, 0.29) is 28.7 Å². The SMILES string of the molecule is CCOc1cc(NS(=O)(=O)c2ccccc2)c(OCC)cc1NC(=O)c1cccc(Cl)c1. The molecular weight excluding hydrogens is 452 g/mol. The Labute approximate surface area is 192 Å². The van der Waals surface area contributed by atoms with Crippen molar-refractivity contribution in [2.45, 2.75) is 18.7 Å². The fourth-order valence-electron chi connectivity index (χ4n) is 2.91. The van der Waals surface area contributed by atoms with E-state index in [4.69, 9.17) is 21.1 Å². The molecule has 7 nitrogen and oxygen atoms in total. The third-order valence-electron chi connectivity index (χ3n) is 4.31. The minimum Gasteiger partial charge on any atom is -0.492 e. The number of hydrogen-bond acceptors (Lipinski definition) is 5. The number of ether oxygens (including phenoxy) is 2. The van der Waals surface area contributed by atoms with E-state index in [0.29, 0.717) is 22.9 Å². The molecule has 3 aromatic carbocycles. The number of amides is 1. The number of carbonyl (C=O) groups excluding carboxylic acids is 1. The first-order chi connectivity index (χ1) is 15.3. The molecule has 0 aliphatic carbocycles. The number of rotatable bonds is 9. The Kier molecular flexibility index (Phi) is 7.61. The largest absolute Gasteiger partial charge is 0.492 e. The highest BCUT2D eigenvalue weighted by atomic mass is 35.5. The van der Waals surface area contributed by atoms with Crippen molar-refractivity contribution in [1.82, 2.24) is 0 Å². The average molecular weight is 475 g/mol. The van der Waals surface area contributed by atoms with Gasteiger partial charge in [0.15, 0.2) is 0 Å². The first-order valence-corrected chi connectivity index (χ1v) is 11.8. The minimum absolute atomic E-state index is 0.110. The maximum atomic E-state index is 12.8. The maximum absolute atomic E-state index is 12.8. The fourth-order valence-corrected chi connectivity index (χ4v) is 4.19. The predicted octanol–water partition coefficient (Wildman–Crippen LogP) is 5.19. The highest BCUT2D eigenvalue weighted by molar-refractivity contribution is 7.92. The van der Waals surface area contributed by atoms with E-state index in [1.165, 1.54) is 24.3 Å². The van der Waals surface area contributed by atoms with Gasteiger partial charge in [0, 0.05) is 22.7 Å². The van der Waals surface area contributed by atoms with Crippen molar-refractivity contribution in [1.29, 1.82) is 0 Å². The molecule has 0 heterocycles. The van der Waals surface area contributed by atoms with Crippen LogP contribution in [-0.4, -0.2) is 27.5 Å². The van der Waals surface area contributed by atoms with Crippen LogP contribution in [0.3, 0.4) is 0 Å². The zero-order chi connectivity index (χ0) is 23.1. The Bertz CT molecular complexity index is 1200. The smallest absolute Gasteiger partial charge is 0.262 e. The molecule has 1 amide bonds. The molecule has 0 unspecified atom stereocenters. The van der Waals surface area contributed by atoms with Gasteiger partial charge in [-0.15, -0.1) is 0 Å². The van der Waals surface area contributed by atoms with E-state index in [9.17, 15) is 13.2 Å². The standard InChI is InChI=1S/C23H23ClN2O5S/c1-3-30-21-15-20(26-32(28,29)18-11-6-5-7-12-18)22(31-4-2)14-19(21)25-23(27)16-9-8-10-17(24)13-16/h5-15,26H,3-4H2,1-2H3,(H,25,27). The van der Waals surface area contributed by atoms with Crippen LogP contribution in [0.25, 0.3) is 0 Å². The van der Waals surface area contributed by atoms with E-state index in [2.05, 4.69) is 10.0 Å². The second kappa shape index (κ2) is 10.4. The first-order valence-electron chi connectivity index (χ1n) is 9.92. The van der Waals surface area contributed by atoms with Crippen LogP contribution in [0, 0.1) is 0 Å². The van der Waals surface area contributed by atoms with Crippen molar-refractivity contribution < 1.29 is 22.7 Å². The molecule has 0 spiro atoms. The van der Waals surface area contributed by atoms with Gasteiger partial charge in [0.1, 0.15) is 11.5 Å². The van der Waals surface area contributed by atoms with Crippen molar-refractivity contribution in [3.8, 4) is 11.5 Å².